The van der Waals surface area contributed by atoms with E-state index in [1.54, 1.807) is 31.9 Å². The summed E-state index contributed by atoms with van der Waals surface area (Å²) in [4.78, 5) is 15.2. The Balaban J connectivity index is 1.56. The van der Waals surface area contributed by atoms with Gasteiger partial charge < -0.3 is 19.1 Å². The van der Waals surface area contributed by atoms with Gasteiger partial charge in [-0.15, -0.1) is 11.3 Å². The van der Waals surface area contributed by atoms with Gasteiger partial charge in [0.05, 0.1) is 32.8 Å². The number of hydrogen-bond acceptors (Lipinski definition) is 8. The van der Waals surface area contributed by atoms with Gasteiger partial charge in [-0.25, -0.2) is 9.97 Å². The van der Waals surface area contributed by atoms with Crippen LogP contribution in [-0.4, -0.2) is 68.5 Å². The molecule has 35 heavy (non-hydrogen) atoms. The van der Waals surface area contributed by atoms with Gasteiger partial charge in [-0.3, -0.25) is 4.90 Å². The summed E-state index contributed by atoms with van der Waals surface area (Å²) in [5.41, 5.74) is 3.38. The molecule has 0 N–H and O–H groups in total. The lowest BCUT2D eigenvalue weighted by atomic mass is 10.1. The molecule has 7 nitrogen and oxygen atoms in total. The van der Waals surface area contributed by atoms with Gasteiger partial charge in [-0.05, 0) is 23.8 Å². The maximum Gasteiger partial charge on any atom is 0.141 e. The molecular formula is C27H30N4O3S. The number of benzene rings is 2. The molecule has 5 rings (SSSR count). The van der Waals surface area contributed by atoms with Crippen LogP contribution in [0.3, 0.4) is 0 Å². The molecule has 2 aromatic carbocycles. The minimum atomic E-state index is 0.640. The van der Waals surface area contributed by atoms with Crippen molar-refractivity contribution in [1.29, 1.82) is 0 Å². The number of nitrogens with zero attached hydrogens (tertiary/aromatic N) is 4. The highest BCUT2D eigenvalue weighted by Crippen LogP contribution is 2.38. The highest BCUT2D eigenvalue weighted by atomic mass is 32.1. The average Bonchev–Trinajstić information content (AvgIpc) is 3.36. The van der Waals surface area contributed by atoms with E-state index in [0.29, 0.717) is 6.54 Å². The van der Waals surface area contributed by atoms with Gasteiger partial charge in [0, 0.05) is 49.2 Å². The van der Waals surface area contributed by atoms with Gasteiger partial charge in [-0.1, -0.05) is 30.3 Å². The Hall–Kier alpha value is -3.20. The number of rotatable bonds is 9. The Morgan fingerprint density at radius 1 is 1.03 bits per heavy atom. The van der Waals surface area contributed by atoms with E-state index in [-0.39, 0.29) is 0 Å². The average molecular weight is 491 g/mol. The molecule has 0 amide bonds. The molecule has 0 radical (unpaired) electrons. The molecule has 0 bridgehead atoms. The second-order valence-electron chi connectivity index (χ2n) is 8.45. The van der Waals surface area contributed by atoms with Crippen molar-refractivity contribution in [2.45, 2.75) is 6.54 Å². The third kappa shape index (κ3) is 5.24. The van der Waals surface area contributed by atoms with E-state index >= 15 is 0 Å². The first kappa shape index (κ1) is 23.5. The fourth-order valence-corrected chi connectivity index (χ4v) is 5.40. The first-order valence-corrected chi connectivity index (χ1v) is 12.7. The lowest BCUT2D eigenvalue weighted by molar-refractivity contribution is 0.0391. The molecule has 0 saturated carbocycles. The molecule has 3 heterocycles. The first-order valence-electron chi connectivity index (χ1n) is 11.8. The molecule has 0 unspecified atom stereocenters. The van der Waals surface area contributed by atoms with Crippen LogP contribution in [0.4, 0.5) is 5.82 Å². The van der Waals surface area contributed by atoms with Crippen LogP contribution in [-0.2, 0) is 11.3 Å². The molecule has 0 atom stereocenters. The minimum Gasteiger partial charge on any atom is -0.497 e. The van der Waals surface area contributed by atoms with Crippen molar-refractivity contribution in [2.75, 3.05) is 58.5 Å². The molecule has 1 aliphatic rings. The lowest BCUT2D eigenvalue weighted by Crippen LogP contribution is -2.41. The molecule has 4 aromatic rings. The number of morpholine rings is 1. The molecular weight excluding hydrogens is 460 g/mol. The van der Waals surface area contributed by atoms with E-state index in [4.69, 9.17) is 19.2 Å². The van der Waals surface area contributed by atoms with E-state index < -0.39 is 0 Å². The fraction of sp³-hybridized carbons (Fsp3) is 0.333. The van der Waals surface area contributed by atoms with E-state index in [1.807, 2.05) is 24.3 Å². The maximum absolute atomic E-state index is 5.70. The summed E-state index contributed by atoms with van der Waals surface area (Å²) in [6, 6.07) is 16.4. The van der Waals surface area contributed by atoms with Crippen LogP contribution in [0.5, 0.6) is 11.5 Å². The minimum absolute atomic E-state index is 0.640. The van der Waals surface area contributed by atoms with Crippen molar-refractivity contribution in [3.8, 4) is 22.6 Å². The van der Waals surface area contributed by atoms with Gasteiger partial charge in [0.15, 0.2) is 0 Å². The number of thiophene rings is 1. The summed E-state index contributed by atoms with van der Waals surface area (Å²) in [6.07, 6.45) is 1.67. The monoisotopic (exact) mass is 490 g/mol. The number of aromatic nitrogens is 2. The van der Waals surface area contributed by atoms with Crippen LogP contribution in [0, 0.1) is 0 Å². The van der Waals surface area contributed by atoms with Crippen LogP contribution >= 0.6 is 11.3 Å². The van der Waals surface area contributed by atoms with Crippen LogP contribution in [0.15, 0.2) is 60.2 Å². The quantitative estimate of drug-likeness (QED) is 0.337. The SMILES string of the molecule is COc1ccc(OC)c(CN(CCN2CCOCC2)c2ncnc3scc(-c4ccccc4)c23)c1. The van der Waals surface area contributed by atoms with Crippen LogP contribution in [0.25, 0.3) is 21.3 Å². The van der Waals surface area contributed by atoms with E-state index in [9.17, 15) is 0 Å². The Morgan fingerprint density at radius 3 is 2.63 bits per heavy atom. The number of anilines is 1. The summed E-state index contributed by atoms with van der Waals surface area (Å²) in [5.74, 6) is 2.58. The number of methoxy groups -OCH3 is 2. The lowest BCUT2D eigenvalue weighted by Gasteiger charge is -2.31. The van der Waals surface area contributed by atoms with E-state index in [1.165, 1.54) is 5.56 Å². The standard InChI is InChI=1S/C27H30N4O3S/c1-32-22-8-9-24(33-2)21(16-22)17-31(11-10-30-12-14-34-15-13-30)26-25-23(20-6-4-3-5-7-20)18-35-27(25)29-19-28-26/h3-9,16,18-19H,10-15,17H2,1-2H3. The zero-order chi connectivity index (χ0) is 24.0. The number of hydrogen-bond donors (Lipinski definition) is 0. The second kappa shape index (κ2) is 11.0. The largest absolute Gasteiger partial charge is 0.497 e. The second-order valence-corrected chi connectivity index (χ2v) is 9.30. The molecule has 1 aliphatic heterocycles. The number of ether oxygens (including phenoxy) is 3. The molecule has 2 aromatic heterocycles. The van der Waals surface area contributed by atoms with Crippen molar-refractivity contribution < 1.29 is 14.2 Å². The summed E-state index contributed by atoms with van der Waals surface area (Å²) < 4.78 is 16.8. The Bertz CT molecular complexity index is 1260. The highest BCUT2D eigenvalue weighted by molar-refractivity contribution is 7.17. The topological polar surface area (TPSA) is 60.0 Å². The summed E-state index contributed by atoms with van der Waals surface area (Å²) in [7, 11) is 3.39. The smallest absolute Gasteiger partial charge is 0.141 e. The normalized spacial score (nSPS) is 14.2. The van der Waals surface area contributed by atoms with Crippen LogP contribution in [0.2, 0.25) is 0 Å². The Labute approximate surface area is 209 Å². The van der Waals surface area contributed by atoms with Gasteiger partial charge in [0.25, 0.3) is 0 Å². The van der Waals surface area contributed by atoms with Crippen molar-refractivity contribution >= 4 is 27.4 Å². The number of fused-ring (bicyclic) bond motifs is 1. The van der Waals surface area contributed by atoms with Crippen molar-refractivity contribution in [1.82, 2.24) is 14.9 Å². The van der Waals surface area contributed by atoms with Gasteiger partial charge in [0.1, 0.15) is 28.5 Å². The maximum atomic E-state index is 5.70. The summed E-state index contributed by atoms with van der Waals surface area (Å²) in [5, 5.41) is 3.28. The third-order valence-corrected chi connectivity index (χ3v) is 7.26. The van der Waals surface area contributed by atoms with Crippen molar-refractivity contribution in [3.63, 3.8) is 0 Å². The van der Waals surface area contributed by atoms with Gasteiger partial charge >= 0.3 is 0 Å². The fourth-order valence-electron chi connectivity index (χ4n) is 4.49. The third-order valence-electron chi connectivity index (χ3n) is 6.37. The highest BCUT2D eigenvalue weighted by Gasteiger charge is 2.21. The molecule has 1 fully saturated rings. The summed E-state index contributed by atoms with van der Waals surface area (Å²) in [6.45, 7) is 5.84. The van der Waals surface area contributed by atoms with Crippen molar-refractivity contribution in [3.05, 3.63) is 65.8 Å². The van der Waals surface area contributed by atoms with Gasteiger partial charge in [-0.2, -0.15) is 0 Å². The predicted molar refractivity (Wildman–Crippen MR) is 141 cm³/mol. The molecule has 0 spiro atoms. The van der Waals surface area contributed by atoms with Crippen molar-refractivity contribution in [2.24, 2.45) is 0 Å². The zero-order valence-corrected chi connectivity index (χ0v) is 21.0. The summed E-state index contributed by atoms with van der Waals surface area (Å²) >= 11 is 1.66. The molecule has 1 saturated heterocycles. The molecule has 0 aliphatic carbocycles. The Morgan fingerprint density at radius 2 is 1.86 bits per heavy atom. The van der Waals surface area contributed by atoms with Crippen LogP contribution in [0.1, 0.15) is 5.56 Å². The van der Waals surface area contributed by atoms with E-state index in [0.717, 1.165) is 78.1 Å². The zero-order valence-electron chi connectivity index (χ0n) is 20.1. The van der Waals surface area contributed by atoms with Crippen LogP contribution < -0.4 is 14.4 Å². The van der Waals surface area contributed by atoms with Gasteiger partial charge in [0.2, 0.25) is 0 Å². The first-order chi connectivity index (χ1) is 17.3. The molecule has 182 valence electrons. The molecule has 8 heteroatoms. The van der Waals surface area contributed by atoms with E-state index in [2.05, 4.69) is 44.4 Å². The predicted octanol–water partition coefficient (Wildman–Crippen LogP) is 4.71. The Kier molecular flexibility index (Phi) is 7.42.